The van der Waals surface area contributed by atoms with Crippen LogP contribution in [0.4, 0.5) is 5.82 Å². The first-order valence-corrected chi connectivity index (χ1v) is 7.00. The van der Waals surface area contributed by atoms with Crippen molar-refractivity contribution in [1.29, 1.82) is 0 Å². The van der Waals surface area contributed by atoms with Gasteiger partial charge in [0.2, 0.25) is 0 Å². The Bertz CT molecular complexity index is 562. The van der Waals surface area contributed by atoms with Crippen LogP contribution in [0.2, 0.25) is 0 Å². The highest BCUT2D eigenvalue weighted by Gasteiger charge is 2.21. The van der Waals surface area contributed by atoms with Gasteiger partial charge in [-0.1, -0.05) is 6.92 Å². The first-order chi connectivity index (χ1) is 9.28. The molecule has 1 aliphatic heterocycles. The van der Waals surface area contributed by atoms with Gasteiger partial charge in [-0.15, -0.1) is 0 Å². The van der Waals surface area contributed by atoms with Crippen LogP contribution >= 0.6 is 0 Å². The third-order valence-electron chi connectivity index (χ3n) is 4.02. The molecule has 1 N–H and O–H groups in total. The van der Waals surface area contributed by atoms with Crippen molar-refractivity contribution in [2.24, 2.45) is 13.0 Å². The molecule has 102 valence electrons. The van der Waals surface area contributed by atoms with Crippen molar-refractivity contribution in [3.63, 3.8) is 0 Å². The van der Waals surface area contributed by atoms with Crippen LogP contribution in [0.3, 0.4) is 0 Å². The lowest BCUT2D eigenvalue weighted by atomic mass is 10.1. The van der Waals surface area contributed by atoms with Crippen LogP contribution in [0.5, 0.6) is 0 Å². The molecule has 1 unspecified atom stereocenters. The van der Waals surface area contributed by atoms with E-state index in [4.69, 9.17) is 0 Å². The standard InChI is InChI=1S/C14H21N5/c1-3-19-7-5-11(9-19)8-16-14-13-12(4-6-15-14)18(2)10-17-13/h4,6,10-11H,3,5,7-9H2,1-2H3,(H,15,16). The highest BCUT2D eigenvalue weighted by atomic mass is 15.1. The second-order valence-corrected chi connectivity index (χ2v) is 5.31. The number of nitrogens with one attached hydrogen (secondary N) is 1. The molecule has 1 saturated heterocycles. The van der Waals surface area contributed by atoms with Gasteiger partial charge in [0.15, 0.2) is 5.82 Å². The molecule has 0 bridgehead atoms. The molecule has 2 aromatic heterocycles. The van der Waals surface area contributed by atoms with E-state index in [1.807, 2.05) is 30.2 Å². The number of pyridine rings is 1. The van der Waals surface area contributed by atoms with E-state index in [1.165, 1.54) is 19.5 Å². The maximum absolute atomic E-state index is 4.42. The Kier molecular flexibility index (Phi) is 3.38. The zero-order chi connectivity index (χ0) is 13.2. The first kappa shape index (κ1) is 12.4. The molecule has 19 heavy (non-hydrogen) atoms. The Hall–Kier alpha value is -1.62. The lowest BCUT2D eigenvalue weighted by Gasteiger charge is -2.14. The number of likely N-dealkylation sites (tertiary alicyclic amines) is 1. The highest BCUT2D eigenvalue weighted by Crippen LogP contribution is 2.21. The number of aromatic nitrogens is 3. The minimum atomic E-state index is 0.723. The monoisotopic (exact) mass is 259 g/mol. The molecule has 3 heterocycles. The second kappa shape index (κ2) is 5.17. The summed E-state index contributed by atoms with van der Waals surface area (Å²) in [6, 6.07) is 2.00. The van der Waals surface area contributed by atoms with Crippen molar-refractivity contribution in [1.82, 2.24) is 19.4 Å². The van der Waals surface area contributed by atoms with Crippen LogP contribution in [0.1, 0.15) is 13.3 Å². The highest BCUT2D eigenvalue weighted by molar-refractivity contribution is 5.85. The van der Waals surface area contributed by atoms with Crippen molar-refractivity contribution in [3.05, 3.63) is 18.6 Å². The van der Waals surface area contributed by atoms with Gasteiger partial charge in [-0.2, -0.15) is 0 Å². The fourth-order valence-corrected chi connectivity index (χ4v) is 2.80. The van der Waals surface area contributed by atoms with E-state index >= 15 is 0 Å². The maximum Gasteiger partial charge on any atom is 0.154 e. The Balaban J connectivity index is 1.69. The molecule has 0 spiro atoms. The summed E-state index contributed by atoms with van der Waals surface area (Å²) in [5.41, 5.74) is 2.09. The summed E-state index contributed by atoms with van der Waals surface area (Å²) < 4.78 is 2.02. The van der Waals surface area contributed by atoms with Crippen LogP contribution < -0.4 is 5.32 Å². The molecule has 0 aromatic carbocycles. The van der Waals surface area contributed by atoms with Gasteiger partial charge in [-0.05, 0) is 31.5 Å². The van der Waals surface area contributed by atoms with Crippen molar-refractivity contribution < 1.29 is 0 Å². The number of imidazole rings is 1. The van der Waals surface area contributed by atoms with Crippen molar-refractivity contribution in [2.75, 3.05) is 31.5 Å². The van der Waals surface area contributed by atoms with Gasteiger partial charge < -0.3 is 14.8 Å². The van der Waals surface area contributed by atoms with E-state index in [1.54, 1.807) is 0 Å². The topological polar surface area (TPSA) is 46.0 Å². The van der Waals surface area contributed by atoms with Crippen LogP contribution in [-0.2, 0) is 7.05 Å². The molecule has 0 aliphatic carbocycles. The summed E-state index contributed by atoms with van der Waals surface area (Å²) in [7, 11) is 2.01. The fraction of sp³-hybridized carbons (Fsp3) is 0.571. The van der Waals surface area contributed by atoms with Gasteiger partial charge in [-0.3, -0.25) is 0 Å². The van der Waals surface area contributed by atoms with Gasteiger partial charge in [-0.25, -0.2) is 9.97 Å². The number of hydrogen-bond donors (Lipinski definition) is 1. The van der Waals surface area contributed by atoms with Gasteiger partial charge in [0, 0.05) is 26.3 Å². The van der Waals surface area contributed by atoms with Crippen molar-refractivity contribution in [3.8, 4) is 0 Å². The normalized spacial score (nSPS) is 20.2. The molecule has 3 rings (SSSR count). The number of hydrogen-bond acceptors (Lipinski definition) is 4. The van der Waals surface area contributed by atoms with Crippen LogP contribution in [0, 0.1) is 5.92 Å². The van der Waals surface area contributed by atoms with Gasteiger partial charge >= 0.3 is 0 Å². The van der Waals surface area contributed by atoms with E-state index in [9.17, 15) is 0 Å². The molecule has 2 aromatic rings. The van der Waals surface area contributed by atoms with E-state index in [-0.39, 0.29) is 0 Å². The quantitative estimate of drug-likeness (QED) is 0.908. The molecule has 1 atom stereocenters. The summed E-state index contributed by atoms with van der Waals surface area (Å²) in [4.78, 5) is 11.3. The largest absolute Gasteiger partial charge is 0.368 e. The smallest absolute Gasteiger partial charge is 0.154 e. The average Bonchev–Trinajstić information content (AvgIpc) is 3.04. The van der Waals surface area contributed by atoms with E-state index in [0.29, 0.717) is 0 Å². The summed E-state index contributed by atoms with van der Waals surface area (Å²) in [5, 5.41) is 3.47. The zero-order valence-corrected chi connectivity index (χ0v) is 11.6. The Labute approximate surface area is 113 Å². The predicted molar refractivity (Wildman–Crippen MR) is 77.2 cm³/mol. The molecule has 1 fully saturated rings. The molecule has 0 saturated carbocycles. The molecule has 1 aliphatic rings. The molecular formula is C14H21N5. The molecule has 0 amide bonds. The molecule has 0 radical (unpaired) electrons. The lowest BCUT2D eigenvalue weighted by Crippen LogP contribution is -2.22. The number of aryl methyl sites for hydroxylation is 1. The van der Waals surface area contributed by atoms with Crippen LogP contribution in [0.25, 0.3) is 11.0 Å². The third-order valence-corrected chi connectivity index (χ3v) is 4.02. The number of fused-ring (bicyclic) bond motifs is 1. The number of rotatable bonds is 4. The minimum absolute atomic E-state index is 0.723. The Morgan fingerprint density at radius 2 is 2.32 bits per heavy atom. The maximum atomic E-state index is 4.42. The average molecular weight is 259 g/mol. The van der Waals surface area contributed by atoms with Gasteiger partial charge in [0.1, 0.15) is 5.52 Å². The van der Waals surface area contributed by atoms with Gasteiger partial charge in [0.05, 0.1) is 11.8 Å². The van der Waals surface area contributed by atoms with Gasteiger partial charge in [0.25, 0.3) is 0 Å². The molecular weight excluding hydrogens is 238 g/mol. The van der Waals surface area contributed by atoms with Crippen molar-refractivity contribution in [2.45, 2.75) is 13.3 Å². The minimum Gasteiger partial charge on any atom is -0.368 e. The SMILES string of the molecule is CCN1CCC(CNc2nccc3c2ncn3C)C1. The Morgan fingerprint density at radius 3 is 3.11 bits per heavy atom. The number of nitrogens with zero attached hydrogens (tertiary/aromatic N) is 4. The summed E-state index contributed by atoms with van der Waals surface area (Å²) in [6.07, 6.45) is 4.96. The summed E-state index contributed by atoms with van der Waals surface area (Å²) in [6.45, 7) is 6.79. The predicted octanol–water partition coefficient (Wildman–Crippen LogP) is 1.72. The molecule has 5 heteroatoms. The first-order valence-electron chi connectivity index (χ1n) is 7.00. The summed E-state index contributed by atoms with van der Waals surface area (Å²) >= 11 is 0. The Morgan fingerprint density at radius 1 is 1.42 bits per heavy atom. The van der Waals surface area contributed by atoms with E-state index in [0.717, 1.165) is 35.9 Å². The number of anilines is 1. The second-order valence-electron chi connectivity index (χ2n) is 5.31. The van der Waals surface area contributed by atoms with Crippen LogP contribution in [-0.4, -0.2) is 45.6 Å². The zero-order valence-electron chi connectivity index (χ0n) is 11.6. The lowest BCUT2D eigenvalue weighted by molar-refractivity contribution is 0.345. The third kappa shape index (κ3) is 2.42. The van der Waals surface area contributed by atoms with E-state index < -0.39 is 0 Å². The van der Waals surface area contributed by atoms with Crippen LogP contribution in [0.15, 0.2) is 18.6 Å². The molecule has 5 nitrogen and oxygen atoms in total. The van der Waals surface area contributed by atoms with E-state index in [2.05, 4.69) is 27.1 Å². The fourth-order valence-electron chi connectivity index (χ4n) is 2.80. The summed E-state index contributed by atoms with van der Waals surface area (Å²) in [5.74, 6) is 1.63. The van der Waals surface area contributed by atoms with Crippen molar-refractivity contribution >= 4 is 16.9 Å².